The van der Waals surface area contributed by atoms with E-state index in [1.165, 1.54) is 5.56 Å². The molecule has 5 nitrogen and oxygen atoms in total. The zero-order valence-electron chi connectivity index (χ0n) is 16.6. The number of nitrogens with zero attached hydrogens (tertiary/aromatic N) is 1. The highest BCUT2D eigenvalue weighted by atomic mass is 16.3. The van der Waals surface area contributed by atoms with Gasteiger partial charge in [0, 0.05) is 26.1 Å². The minimum Gasteiger partial charge on any atom is -0.387 e. The van der Waals surface area contributed by atoms with Crippen LogP contribution in [0.25, 0.3) is 0 Å². The minimum atomic E-state index is -1.06. The summed E-state index contributed by atoms with van der Waals surface area (Å²) in [6, 6.07) is 10.2. The Morgan fingerprint density at radius 3 is 2.57 bits per heavy atom. The summed E-state index contributed by atoms with van der Waals surface area (Å²) in [5.74, 6) is -0.217. The number of amides is 2. The Balaban J connectivity index is 1.83. The van der Waals surface area contributed by atoms with Crippen molar-refractivity contribution in [3.63, 3.8) is 0 Å². The van der Waals surface area contributed by atoms with E-state index in [9.17, 15) is 14.7 Å². The van der Waals surface area contributed by atoms with E-state index in [0.29, 0.717) is 38.8 Å². The number of hydrogen-bond acceptors (Lipinski definition) is 3. The summed E-state index contributed by atoms with van der Waals surface area (Å²) in [5.41, 5.74) is 0.198. The molecule has 2 N–H and O–H groups in total. The third-order valence-corrected chi connectivity index (χ3v) is 5.25. The number of aliphatic hydroxyl groups is 1. The Labute approximate surface area is 168 Å². The average Bonchev–Trinajstić information content (AvgIpc) is 2.69. The lowest BCUT2D eigenvalue weighted by Gasteiger charge is -2.33. The lowest BCUT2D eigenvalue weighted by molar-refractivity contribution is -0.138. The van der Waals surface area contributed by atoms with E-state index in [1.807, 2.05) is 18.2 Å². The van der Waals surface area contributed by atoms with Gasteiger partial charge in [-0.05, 0) is 37.7 Å². The fourth-order valence-corrected chi connectivity index (χ4v) is 3.62. The lowest BCUT2D eigenvalue weighted by Crippen LogP contribution is -2.49. The number of hydrogen-bond donors (Lipinski definition) is 2. The van der Waals surface area contributed by atoms with Gasteiger partial charge in [-0.1, -0.05) is 42.5 Å². The van der Waals surface area contributed by atoms with Gasteiger partial charge in [0.15, 0.2) is 0 Å². The summed E-state index contributed by atoms with van der Waals surface area (Å²) in [4.78, 5) is 26.6. The fourth-order valence-electron chi connectivity index (χ4n) is 3.62. The van der Waals surface area contributed by atoms with Gasteiger partial charge in [0.1, 0.15) is 0 Å². The van der Waals surface area contributed by atoms with Crippen LogP contribution >= 0.6 is 0 Å². The maximum absolute atomic E-state index is 12.6. The van der Waals surface area contributed by atoms with Crippen molar-refractivity contribution in [2.45, 2.75) is 44.1 Å². The molecule has 5 heteroatoms. The zero-order valence-corrected chi connectivity index (χ0v) is 16.6. The van der Waals surface area contributed by atoms with Gasteiger partial charge >= 0.3 is 0 Å². The first kappa shape index (κ1) is 21.9. The minimum absolute atomic E-state index is 0.105. The molecule has 2 amide bonds. The van der Waals surface area contributed by atoms with E-state index in [1.54, 1.807) is 17.1 Å². The summed E-state index contributed by atoms with van der Waals surface area (Å²) in [5, 5.41) is 13.4. The predicted octanol–water partition coefficient (Wildman–Crippen LogP) is 2.86. The summed E-state index contributed by atoms with van der Waals surface area (Å²) in [6.45, 7) is 8.59. The molecule has 0 bridgehead atoms. The Hall–Kier alpha value is -2.40. The van der Waals surface area contributed by atoms with E-state index in [0.717, 1.165) is 12.8 Å². The van der Waals surface area contributed by atoms with Crippen molar-refractivity contribution in [3.05, 3.63) is 61.2 Å². The normalized spacial score (nSPS) is 17.2. The number of likely N-dealkylation sites (tertiary alicyclic amines) is 1. The van der Waals surface area contributed by atoms with E-state index >= 15 is 0 Å². The molecule has 0 aromatic heterocycles. The molecule has 1 heterocycles. The van der Waals surface area contributed by atoms with Crippen molar-refractivity contribution in [1.29, 1.82) is 0 Å². The largest absolute Gasteiger partial charge is 0.387 e. The third kappa shape index (κ3) is 6.64. The molecule has 152 valence electrons. The quantitative estimate of drug-likeness (QED) is 0.577. The van der Waals surface area contributed by atoms with Crippen LogP contribution in [0.1, 0.15) is 37.7 Å². The Kier molecular flexibility index (Phi) is 8.45. The second-order valence-corrected chi connectivity index (χ2v) is 7.59. The van der Waals surface area contributed by atoms with E-state index < -0.39 is 5.60 Å². The molecular formula is C23H32N2O3. The molecule has 1 atom stereocenters. The smallest absolute Gasteiger partial charge is 0.225 e. The molecule has 0 aliphatic carbocycles. The number of nitrogens with one attached hydrogen (secondary N) is 1. The molecule has 1 aromatic carbocycles. The monoisotopic (exact) mass is 384 g/mol. The second kappa shape index (κ2) is 10.8. The molecule has 0 radical (unpaired) electrons. The van der Waals surface area contributed by atoms with Crippen LogP contribution in [0.5, 0.6) is 0 Å². The highest BCUT2D eigenvalue weighted by Gasteiger charge is 2.31. The Morgan fingerprint density at radius 1 is 1.25 bits per heavy atom. The maximum Gasteiger partial charge on any atom is 0.225 e. The van der Waals surface area contributed by atoms with Crippen LogP contribution in [0, 0.1) is 5.92 Å². The van der Waals surface area contributed by atoms with Crippen LogP contribution in [0.2, 0.25) is 0 Å². The van der Waals surface area contributed by atoms with E-state index in [-0.39, 0.29) is 24.3 Å². The first-order valence-corrected chi connectivity index (χ1v) is 10.0. The fraction of sp³-hybridized carbons (Fsp3) is 0.478. The number of carbonyl (C=O) groups is 2. The van der Waals surface area contributed by atoms with Gasteiger partial charge in [0.2, 0.25) is 11.8 Å². The molecule has 0 unspecified atom stereocenters. The number of piperidine rings is 1. The molecule has 28 heavy (non-hydrogen) atoms. The van der Waals surface area contributed by atoms with Crippen LogP contribution in [0.15, 0.2) is 55.6 Å². The van der Waals surface area contributed by atoms with Gasteiger partial charge in [-0.15, -0.1) is 13.2 Å². The standard InChI is InChI=1S/C23H32N2O3/c1-3-14-23(28,15-4-2)18-24-22(27)20-12-13-21(26)25(17-20)16-8-11-19-9-6-5-7-10-19/h3-7,9-10,20,28H,1-2,8,11-18H2,(H,24,27)/t20-/m0/s1. The van der Waals surface area contributed by atoms with Crippen LogP contribution in [0.3, 0.4) is 0 Å². The summed E-state index contributed by atoms with van der Waals surface area (Å²) >= 11 is 0. The Morgan fingerprint density at radius 2 is 1.93 bits per heavy atom. The van der Waals surface area contributed by atoms with Gasteiger partial charge in [-0.3, -0.25) is 9.59 Å². The highest BCUT2D eigenvalue weighted by Crippen LogP contribution is 2.20. The number of rotatable bonds is 11. The molecule has 0 saturated carbocycles. The molecule has 1 aliphatic rings. The highest BCUT2D eigenvalue weighted by molar-refractivity contribution is 5.83. The molecule has 1 aromatic rings. The number of aryl methyl sites for hydroxylation is 1. The molecule has 2 rings (SSSR count). The van der Waals surface area contributed by atoms with Gasteiger partial charge < -0.3 is 15.3 Å². The van der Waals surface area contributed by atoms with Crippen LogP contribution < -0.4 is 5.32 Å². The maximum atomic E-state index is 12.6. The van der Waals surface area contributed by atoms with Crippen molar-refractivity contribution in [2.75, 3.05) is 19.6 Å². The van der Waals surface area contributed by atoms with Crippen LogP contribution in [0.4, 0.5) is 0 Å². The Bertz CT molecular complexity index is 662. The summed E-state index contributed by atoms with van der Waals surface area (Å²) in [6.07, 6.45) is 6.79. The SMILES string of the molecule is C=CCC(O)(CC=C)CNC(=O)[C@H]1CCC(=O)N(CCCc2ccccc2)C1. The van der Waals surface area contributed by atoms with Crippen molar-refractivity contribution >= 4 is 11.8 Å². The molecule has 1 aliphatic heterocycles. The van der Waals surface area contributed by atoms with E-state index in [2.05, 4.69) is 30.6 Å². The van der Waals surface area contributed by atoms with Gasteiger partial charge in [0.05, 0.1) is 11.5 Å². The number of carbonyl (C=O) groups excluding carboxylic acids is 2. The molecule has 1 saturated heterocycles. The summed E-state index contributed by atoms with van der Waals surface area (Å²) in [7, 11) is 0. The van der Waals surface area contributed by atoms with Crippen molar-refractivity contribution in [3.8, 4) is 0 Å². The second-order valence-electron chi connectivity index (χ2n) is 7.59. The van der Waals surface area contributed by atoms with Gasteiger partial charge in [0.25, 0.3) is 0 Å². The van der Waals surface area contributed by atoms with Crippen LogP contribution in [-0.2, 0) is 16.0 Å². The van der Waals surface area contributed by atoms with Crippen LogP contribution in [-0.4, -0.2) is 47.1 Å². The number of benzene rings is 1. The predicted molar refractivity (Wildman–Crippen MR) is 112 cm³/mol. The topological polar surface area (TPSA) is 69.6 Å². The zero-order chi connectivity index (χ0) is 20.4. The molecular weight excluding hydrogens is 352 g/mol. The van der Waals surface area contributed by atoms with Gasteiger partial charge in [-0.2, -0.15) is 0 Å². The van der Waals surface area contributed by atoms with Gasteiger partial charge in [-0.25, -0.2) is 0 Å². The summed E-state index contributed by atoms with van der Waals surface area (Å²) < 4.78 is 0. The molecule has 0 spiro atoms. The van der Waals surface area contributed by atoms with Crippen molar-refractivity contribution in [2.24, 2.45) is 5.92 Å². The first-order chi connectivity index (χ1) is 13.5. The average molecular weight is 385 g/mol. The lowest BCUT2D eigenvalue weighted by atomic mass is 9.93. The first-order valence-electron chi connectivity index (χ1n) is 10.0. The third-order valence-electron chi connectivity index (χ3n) is 5.25. The molecule has 1 fully saturated rings. The van der Waals surface area contributed by atoms with E-state index in [4.69, 9.17) is 0 Å². The van der Waals surface area contributed by atoms with Crippen molar-refractivity contribution < 1.29 is 14.7 Å². The van der Waals surface area contributed by atoms with Crippen molar-refractivity contribution in [1.82, 2.24) is 10.2 Å².